The van der Waals surface area contributed by atoms with Crippen LogP contribution in [0, 0.1) is 5.92 Å². The second-order valence-electron chi connectivity index (χ2n) is 7.77. The Balaban J connectivity index is 1.59. The summed E-state index contributed by atoms with van der Waals surface area (Å²) < 4.78 is 0. The number of carbonyl (C=O) groups excluding carboxylic acids is 4. The van der Waals surface area contributed by atoms with Gasteiger partial charge in [0.25, 0.3) is 11.8 Å². The van der Waals surface area contributed by atoms with Gasteiger partial charge >= 0.3 is 0 Å². The number of amides is 4. The Kier molecular flexibility index (Phi) is 5.44. The third kappa shape index (κ3) is 3.68. The number of piperidine rings is 1. The van der Waals surface area contributed by atoms with Gasteiger partial charge in [-0.05, 0) is 18.1 Å². The lowest BCUT2D eigenvalue weighted by molar-refractivity contribution is -0.136. The number of hydrogen-bond donors (Lipinski definition) is 3. The summed E-state index contributed by atoms with van der Waals surface area (Å²) in [6, 6.07) is 4.21. The van der Waals surface area contributed by atoms with Crippen molar-refractivity contribution in [2.75, 3.05) is 32.8 Å². The fourth-order valence-corrected chi connectivity index (χ4v) is 4.29. The van der Waals surface area contributed by atoms with Gasteiger partial charge in [-0.2, -0.15) is 0 Å². The van der Waals surface area contributed by atoms with E-state index in [1.54, 1.807) is 12.1 Å². The largest absolute Gasteiger partial charge is 0.396 e. The minimum absolute atomic E-state index is 0.0805. The van der Waals surface area contributed by atoms with Gasteiger partial charge in [0.15, 0.2) is 0 Å². The van der Waals surface area contributed by atoms with E-state index >= 15 is 0 Å². The SMILES string of the molecule is O=C1CCC(N2C(=O)c3cccc(CN4CCNCC(CO)C4)c3C2=O)C(=O)N1. The van der Waals surface area contributed by atoms with Crippen LogP contribution in [-0.2, 0) is 16.1 Å². The van der Waals surface area contributed by atoms with Gasteiger partial charge in [0, 0.05) is 51.7 Å². The van der Waals surface area contributed by atoms with E-state index in [0.717, 1.165) is 30.1 Å². The van der Waals surface area contributed by atoms with Crippen molar-refractivity contribution in [1.82, 2.24) is 20.4 Å². The average Bonchev–Trinajstić information content (AvgIpc) is 2.85. The van der Waals surface area contributed by atoms with E-state index in [2.05, 4.69) is 15.5 Å². The van der Waals surface area contributed by atoms with Crippen molar-refractivity contribution in [3.05, 3.63) is 34.9 Å². The van der Waals surface area contributed by atoms with E-state index in [4.69, 9.17) is 0 Å². The van der Waals surface area contributed by atoms with Crippen LogP contribution in [0.3, 0.4) is 0 Å². The topological polar surface area (TPSA) is 119 Å². The third-order valence-electron chi connectivity index (χ3n) is 5.76. The fourth-order valence-electron chi connectivity index (χ4n) is 4.29. The summed E-state index contributed by atoms with van der Waals surface area (Å²) in [7, 11) is 0. The highest BCUT2D eigenvalue weighted by molar-refractivity contribution is 6.24. The first kappa shape index (κ1) is 19.7. The molecule has 3 aliphatic rings. The molecule has 1 aromatic carbocycles. The maximum absolute atomic E-state index is 13.2. The number of nitrogens with one attached hydrogen (secondary N) is 2. The molecule has 2 saturated heterocycles. The number of imide groups is 2. The van der Waals surface area contributed by atoms with E-state index in [1.807, 2.05) is 6.07 Å². The zero-order chi connectivity index (χ0) is 20.5. The molecule has 3 heterocycles. The lowest BCUT2D eigenvalue weighted by Gasteiger charge is -2.28. The van der Waals surface area contributed by atoms with Crippen LogP contribution in [0.4, 0.5) is 0 Å². The van der Waals surface area contributed by atoms with Crippen LogP contribution in [0.15, 0.2) is 18.2 Å². The molecule has 3 aliphatic heterocycles. The van der Waals surface area contributed by atoms with E-state index < -0.39 is 29.7 Å². The zero-order valence-electron chi connectivity index (χ0n) is 16.0. The molecule has 3 N–H and O–H groups in total. The Labute approximate surface area is 168 Å². The lowest BCUT2D eigenvalue weighted by Crippen LogP contribution is -2.54. The predicted octanol–water partition coefficient (Wildman–Crippen LogP) is -0.898. The molecule has 2 atom stereocenters. The summed E-state index contributed by atoms with van der Waals surface area (Å²) in [6.07, 6.45) is 0.238. The van der Waals surface area contributed by atoms with Crippen LogP contribution >= 0.6 is 0 Å². The van der Waals surface area contributed by atoms with Crippen molar-refractivity contribution in [3.63, 3.8) is 0 Å². The van der Waals surface area contributed by atoms with E-state index in [0.29, 0.717) is 24.2 Å². The summed E-state index contributed by atoms with van der Waals surface area (Å²) >= 11 is 0. The molecule has 1 aromatic rings. The fraction of sp³-hybridized carbons (Fsp3) is 0.500. The Bertz CT molecular complexity index is 870. The quantitative estimate of drug-likeness (QED) is 0.561. The standard InChI is InChI=1S/C20H24N4O5/c25-11-12-8-21-6-7-23(9-12)10-13-2-1-3-14-17(13)20(29)24(19(14)28)15-4-5-16(26)22-18(15)27/h1-3,12,15,21,25H,4-11H2,(H,22,26,27). The number of aliphatic hydroxyl groups is 1. The molecule has 4 amide bonds. The molecule has 2 fully saturated rings. The second kappa shape index (κ2) is 8.02. The van der Waals surface area contributed by atoms with Gasteiger partial charge in [0.1, 0.15) is 6.04 Å². The third-order valence-corrected chi connectivity index (χ3v) is 5.76. The minimum atomic E-state index is -0.964. The molecule has 29 heavy (non-hydrogen) atoms. The first-order chi connectivity index (χ1) is 14.0. The minimum Gasteiger partial charge on any atom is -0.396 e. The Morgan fingerprint density at radius 2 is 1.97 bits per heavy atom. The molecule has 2 unspecified atom stereocenters. The number of nitrogens with zero attached hydrogens (tertiary/aromatic N) is 2. The molecule has 9 nitrogen and oxygen atoms in total. The predicted molar refractivity (Wildman–Crippen MR) is 102 cm³/mol. The second-order valence-corrected chi connectivity index (χ2v) is 7.77. The smallest absolute Gasteiger partial charge is 0.262 e. The molecule has 0 aromatic heterocycles. The molecule has 9 heteroatoms. The average molecular weight is 400 g/mol. The van der Waals surface area contributed by atoms with Gasteiger partial charge in [-0.1, -0.05) is 12.1 Å². The molecular formula is C20H24N4O5. The lowest BCUT2D eigenvalue weighted by atomic mass is 10.0. The maximum Gasteiger partial charge on any atom is 0.262 e. The molecule has 0 aliphatic carbocycles. The van der Waals surface area contributed by atoms with Crippen LogP contribution in [0.5, 0.6) is 0 Å². The Morgan fingerprint density at radius 1 is 1.14 bits per heavy atom. The van der Waals surface area contributed by atoms with Crippen LogP contribution < -0.4 is 10.6 Å². The summed E-state index contributed by atoms with van der Waals surface area (Å²) in [5, 5.41) is 15.0. The van der Waals surface area contributed by atoms with Gasteiger partial charge < -0.3 is 10.4 Å². The summed E-state index contributed by atoms with van der Waals surface area (Å²) in [4.78, 5) is 52.9. The van der Waals surface area contributed by atoms with Gasteiger partial charge in [-0.15, -0.1) is 0 Å². The Morgan fingerprint density at radius 3 is 2.72 bits per heavy atom. The van der Waals surface area contributed by atoms with Crippen molar-refractivity contribution in [2.24, 2.45) is 5.92 Å². The van der Waals surface area contributed by atoms with Crippen molar-refractivity contribution in [1.29, 1.82) is 0 Å². The normalized spacial score (nSPS) is 25.8. The van der Waals surface area contributed by atoms with E-state index in [-0.39, 0.29) is 25.4 Å². The number of benzene rings is 1. The van der Waals surface area contributed by atoms with Crippen LogP contribution in [0.2, 0.25) is 0 Å². The monoisotopic (exact) mass is 400 g/mol. The van der Waals surface area contributed by atoms with Crippen LogP contribution in [0.1, 0.15) is 39.1 Å². The van der Waals surface area contributed by atoms with Gasteiger partial charge in [-0.3, -0.25) is 34.3 Å². The highest BCUT2D eigenvalue weighted by atomic mass is 16.3. The molecule has 0 saturated carbocycles. The van der Waals surface area contributed by atoms with Crippen LogP contribution in [0.25, 0.3) is 0 Å². The van der Waals surface area contributed by atoms with Gasteiger partial charge in [-0.25, -0.2) is 0 Å². The first-order valence-corrected chi connectivity index (χ1v) is 9.87. The van der Waals surface area contributed by atoms with Gasteiger partial charge in [0.05, 0.1) is 11.1 Å². The summed E-state index contributed by atoms with van der Waals surface area (Å²) in [5.74, 6) is -1.88. The highest BCUT2D eigenvalue weighted by Gasteiger charge is 2.45. The van der Waals surface area contributed by atoms with Crippen molar-refractivity contribution >= 4 is 23.6 Å². The number of fused-ring (bicyclic) bond motifs is 1. The summed E-state index contributed by atoms with van der Waals surface area (Å²) in [5.41, 5.74) is 1.36. The molecule has 4 rings (SSSR count). The first-order valence-electron chi connectivity index (χ1n) is 9.87. The number of aliphatic hydroxyl groups excluding tert-OH is 1. The van der Waals surface area contributed by atoms with Gasteiger partial charge in [0.2, 0.25) is 11.8 Å². The molecule has 0 spiro atoms. The molecule has 0 radical (unpaired) electrons. The summed E-state index contributed by atoms with van der Waals surface area (Å²) in [6.45, 7) is 3.52. The number of carbonyl (C=O) groups is 4. The van der Waals surface area contributed by atoms with Crippen molar-refractivity contribution in [3.8, 4) is 0 Å². The molecule has 0 bridgehead atoms. The maximum atomic E-state index is 13.2. The highest BCUT2D eigenvalue weighted by Crippen LogP contribution is 2.30. The van der Waals surface area contributed by atoms with E-state index in [9.17, 15) is 24.3 Å². The number of hydrogen-bond acceptors (Lipinski definition) is 7. The molecule has 154 valence electrons. The van der Waals surface area contributed by atoms with Crippen molar-refractivity contribution < 1.29 is 24.3 Å². The van der Waals surface area contributed by atoms with E-state index in [1.165, 1.54) is 0 Å². The zero-order valence-corrected chi connectivity index (χ0v) is 16.0. The van der Waals surface area contributed by atoms with Crippen LogP contribution in [-0.4, -0.2) is 77.4 Å². The van der Waals surface area contributed by atoms with Crippen molar-refractivity contribution in [2.45, 2.75) is 25.4 Å². The number of rotatable bonds is 4. The molecular weight excluding hydrogens is 376 g/mol. The Hall–Kier alpha value is -2.62.